The second-order valence-electron chi connectivity index (χ2n) is 3.33. The molecule has 86 valence electrons. The highest BCUT2D eigenvalue weighted by atomic mass is 79.9. The van der Waals surface area contributed by atoms with Gasteiger partial charge in [-0.25, -0.2) is 9.37 Å². The minimum atomic E-state index is -0.629. The van der Waals surface area contributed by atoms with Gasteiger partial charge in [-0.3, -0.25) is 9.69 Å². The summed E-state index contributed by atoms with van der Waals surface area (Å²) in [4.78, 5) is 20.3. The van der Waals surface area contributed by atoms with Crippen LogP contribution in [0.15, 0.2) is 6.20 Å². The molecule has 1 fully saturated rings. The highest BCUT2D eigenvalue weighted by Gasteiger charge is 2.31. The zero-order valence-electron chi connectivity index (χ0n) is 8.48. The number of anilines is 1. The van der Waals surface area contributed by atoms with Crippen LogP contribution < -0.4 is 9.64 Å². The first kappa shape index (κ1) is 11.3. The maximum absolute atomic E-state index is 13.5. The van der Waals surface area contributed by atoms with Gasteiger partial charge in [-0.05, 0) is 0 Å². The van der Waals surface area contributed by atoms with Crippen molar-refractivity contribution >= 4 is 27.7 Å². The summed E-state index contributed by atoms with van der Waals surface area (Å²) in [6.07, 6.45) is 1.34. The van der Waals surface area contributed by atoms with Crippen LogP contribution in [0.3, 0.4) is 0 Å². The van der Waals surface area contributed by atoms with Gasteiger partial charge in [-0.15, -0.1) is 0 Å². The van der Waals surface area contributed by atoms with E-state index in [2.05, 4.69) is 25.9 Å². The molecule has 0 aliphatic carbocycles. The molecule has 1 aromatic rings. The summed E-state index contributed by atoms with van der Waals surface area (Å²) in [7, 11) is 1.39. The SMILES string of the molecule is COc1ncc(F)c(N2CC(Br)CC2=O)n1. The molecule has 5 nitrogen and oxygen atoms in total. The number of ether oxygens (including phenoxy) is 1. The van der Waals surface area contributed by atoms with Gasteiger partial charge in [-0.2, -0.15) is 4.98 Å². The molecule has 1 aromatic heterocycles. The number of amides is 1. The first-order valence-corrected chi connectivity index (χ1v) is 5.54. The van der Waals surface area contributed by atoms with E-state index in [1.165, 1.54) is 12.0 Å². The van der Waals surface area contributed by atoms with Crippen LogP contribution in [0.25, 0.3) is 0 Å². The zero-order valence-corrected chi connectivity index (χ0v) is 10.1. The summed E-state index contributed by atoms with van der Waals surface area (Å²) in [6, 6.07) is 0.0437. The lowest BCUT2D eigenvalue weighted by Crippen LogP contribution is -2.27. The number of hydrogen-bond donors (Lipinski definition) is 0. The number of halogens is 2. The number of rotatable bonds is 2. The highest BCUT2D eigenvalue weighted by molar-refractivity contribution is 9.09. The number of methoxy groups -OCH3 is 1. The van der Waals surface area contributed by atoms with Gasteiger partial charge in [0.05, 0.1) is 13.3 Å². The van der Waals surface area contributed by atoms with Crippen LogP contribution in [0, 0.1) is 5.82 Å². The molecule has 1 aliphatic heterocycles. The van der Waals surface area contributed by atoms with Crippen molar-refractivity contribution in [3.05, 3.63) is 12.0 Å². The second kappa shape index (κ2) is 4.32. The molecule has 1 saturated heterocycles. The summed E-state index contributed by atoms with van der Waals surface area (Å²) in [6.45, 7) is 0.399. The average molecular weight is 290 g/mol. The van der Waals surface area contributed by atoms with Crippen LogP contribution in [0.1, 0.15) is 6.42 Å². The van der Waals surface area contributed by atoms with Crippen LogP contribution in [0.4, 0.5) is 10.2 Å². The Morgan fingerprint density at radius 1 is 1.69 bits per heavy atom. The number of carbonyl (C=O) groups is 1. The van der Waals surface area contributed by atoms with Gasteiger partial charge in [0.25, 0.3) is 0 Å². The number of carbonyl (C=O) groups excluding carboxylic acids is 1. The van der Waals surface area contributed by atoms with Crippen molar-refractivity contribution < 1.29 is 13.9 Å². The van der Waals surface area contributed by atoms with E-state index in [1.807, 2.05) is 0 Å². The lowest BCUT2D eigenvalue weighted by atomic mass is 10.4. The van der Waals surface area contributed by atoms with Gasteiger partial charge in [0.1, 0.15) is 0 Å². The third-order valence-electron chi connectivity index (χ3n) is 2.22. The van der Waals surface area contributed by atoms with Gasteiger partial charge in [0, 0.05) is 17.8 Å². The van der Waals surface area contributed by atoms with Gasteiger partial charge in [0.2, 0.25) is 5.91 Å². The predicted molar refractivity (Wildman–Crippen MR) is 58.2 cm³/mol. The van der Waals surface area contributed by atoms with Crippen LogP contribution in [0.2, 0.25) is 0 Å². The Morgan fingerprint density at radius 2 is 2.44 bits per heavy atom. The monoisotopic (exact) mass is 289 g/mol. The molecule has 0 aromatic carbocycles. The van der Waals surface area contributed by atoms with Gasteiger partial charge < -0.3 is 4.74 Å². The van der Waals surface area contributed by atoms with Crippen molar-refractivity contribution in [2.45, 2.75) is 11.2 Å². The van der Waals surface area contributed by atoms with Crippen LogP contribution in [-0.4, -0.2) is 34.4 Å². The minimum Gasteiger partial charge on any atom is -0.467 e. The van der Waals surface area contributed by atoms with E-state index in [9.17, 15) is 9.18 Å². The molecule has 2 rings (SSSR count). The Hall–Kier alpha value is -1.24. The van der Waals surface area contributed by atoms with Crippen LogP contribution >= 0.6 is 15.9 Å². The molecule has 1 atom stereocenters. The minimum absolute atomic E-state index is 0.0281. The molecule has 0 bridgehead atoms. The van der Waals surface area contributed by atoms with Crippen molar-refractivity contribution in [2.24, 2.45) is 0 Å². The summed E-state index contributed by atoms with van der Waals surface area (Å²) in [5.41, 5.74) is 0. The summed E-state index contributed by atoms with van der Waals surface area (Å²) >= 11 is 3.32. The Labute approximate surface area is 99.8 Å². The fourth-order valence-electron chi connectivity index (χ4n) is 1.50. The smallest absolute Gasteiger partial charge is 0.318 e. The molecular weight excluding hydrogens is 281 g/mol. The Morgan fingerprint density at radius 3 is 3.00 bits per heavy atom. The molecule has 0 radical (unpaired) electrons. The van der Waals surface area contributed by atoms with E-state index in [1.54, 1.807) is 0 Å². The third kappa shape index (κ3) is 1.99. The first-order valence-electron chi connectivity index (χ1n) is 4.62. The summed E-state index contributed by atoms with van der Waals surface area (Å²) in [5, 5.41) is 0. The molecule has 1 aliphatic rings. The van der Waals surface area contributed by atoms with Crippen molar-refractivity contribution in [1.82, 2.24) is 9.97 Å². The summed E-state index contributed by atoms with van der Waals surface area (Å²) in [5.74, 6) is -0.823. The van der Waals surface area contributed by atoms with E-state index in [4.69, 9.17) is 4.74 Å². The van der Waals surface area contributed by atoms with E-state index >= 15 is 0 Å². The first-order chi connectivity index (χ1) is 7.61. The maximum Gasteiger partial charge on any atom is 0.318 e. The number of nitrogens with zero attached hydrogens (tertiary/aromatic N) is 3. The molecule has 16 heavy (non-hydrogen) atoms. The average Bonchev–Trinajstić information content (AvgIpc) is 2.58. The van der Waals surface area contributed by atoms with Crippen LogP contribution in [-0.2, 0) is 4.79 Å². The molecular formula is C9H9BrFN3O2. The van der Waals surface area contributed by atoms with Crippen LogP contribution in [0.5, 0.6) is 6.01 Å². The molecule has 1 amide bonds. The lowest BCUT2D eigenvalue weighted by molar-refractivity contribution is -0.117. The van der Waals surface area contributed by atoms with Crippen molar-refractivity contribution in [3.8, 4) is 6.01 Å². The maximum atomic E-state index is 13.5. The zero-order chi connectivity index (χ0) is 11.7. The number of alkyl halides is 1. The molecule has 1 unspecified atom stereocenters. The number of hydrogen-bond acceptors (Lipinski definition) is 4. The fourth-order valence-corrected chi connectivity index (χ4v) is 2.07. The van der Waals surface area contributed by atoms with E-state index < -0.39 is 5.82 Å². The van der Waals surface area contributed by atoms with Crippen molar-refractivity contribution in [3.63, 3.8) is 0 Å². The van der Waals surface area contributed by atoms with E-state index in [0.29, 0.717) is 13.0 Å². The fraction of sp³-hybridized carbons (Fsp3) is 0.444. The van der Waals surface area contributed by atoms with Gasteiger partial charge in [0.15, 0.2) is 11.6 Å². The molecule has 0 N–H and O–H groups in total. The van der Waals surface area contributed by atoms with Crippen molar-refractivity contribution in [2.75, 3.05) is 18.6 Å². The van der Waals surface area contributed by atoms with Gasteiger partial charge in [-0.1, -0.05) is 15.9 Å². The standard InChI is InChI=1S/C9H9BrFN3O2/c1-16-9-12-3-6(11)8(13-9)14-4-5(10)2-7(14)15/h3,5H,2,4H2,1H3. The Kier molecular flexibility index (Phi) is 3.04. The molecule has 7 heteroatoms. The topological polar surface area (TPSA) is 55.3 Å². The lowest BCUT2D eigenvalue weighted by Gasteiger charge is -2.15. The highest BCUT2D eigenvalue weighted by Crippen LogP contribution is 2.26. The van der Waals surface area contributed by atoms with Gasteiger partial charge >= 0.3 is 6.01 Å². The normalized spacial score (nSPS) is 20.3. The largest absolute Gasteiger partial charge is 0.467 e. The summed E-state index contributed by atoms with van der Waals surface area (Å²) < 4.78 is 18.3. The third-order valence-corrected chi connectivity index (χ3v) is 2.83. The number of aromatic nitrogens is 2. The molecule has 0 saturated carbocycles. The second-order valence-corrected chi connectivity index (χ2v) is 4.63. The predicted octanol–water partition coefficient (Wildman–Crippen LogP) is 1.12. The molecule has 0 spiro atoms. The molecule has 2 heterocycles. The quantitative estimate of drug-likeness (QED) is 0.766. The Balaban J connectivity index is 2.35. The Bertz CT molecular complexity index is 429. The van der Waals surface area contributed by atoms with E-state index in [0.717, 1.165) is 6.20 Å². The van der Waals surface area contributed by atoms with E-state index in [-0.39, 0.29) is 22.6 Å². The van der Waals surface area contributed by atoms with Crippen molar-refractivity contribution in [1.29, 1.82) is 0 Å².